The molecule has 14 heavy (non-hydrogen) atoms. The quantitative estimate of drug-likeness (QED) is 0.528. The Bertz CT molecular complexity index is 131. The van der Waals surface area contributed by atoms with E-state index in [1.165, 1.54) is 12.8 Å². The number of rotatable bonds is 6. The largest absolute Gasteiger partial charge is 0.395 e. The van der Waals surface area contributed by atoms with E-state index >= 15 is 0 Å². The number of hydrogen-bond donors (Lipinski definition) is 3. The third-order valence-electron chi connectivity index (χ3n) is 2.78. The minimum absolute atomic E-state index is 0.236. The first-order valence-electron chi connectivity index (χ1n) is 5.61. The summed E-state index contributed by atoms with van der Waals surface area (Å²) < 4.78 is 0. The highest BCUT2D eigenvalue weighted by Crippen LogP contribution is 2.11. The minimum Gasteiger partial charge on any atom is -0.395 e. The van der Waals surface area contributed by atoms with Gasteiger partial charge in [0, 0.05) is 26.2 Å². The van der Waals surface area contributed by atoms with Crippen molar-refractivity contribution in [1.29, 1.82) is 0 Å². The van der Waals surface area contributed by atoms with E-state index in [9.17, 15) is 0 Å². The standard InChI is InChI=1S/C10H23N3O/c11-3-5-13(6-7-14)9-10-2-1-4-12-8-10/h10,12,14H,1-9,11H2. The van der Waals surface area contributed by atoms with Gasteiger partial charge in [0.1, 0.15) is 0 Å². The van der Waals surface area contributed by atoms with Gasteiger partial charge in [-0.1, -0.05) is 0 Å². The zero-order valence-corrected chi connectivity index (χ0v) is 8.91. The predicted molar refractivity (Wildman–Crippen MR) is 58.2 cm³/mol. The summed E-state index contributed by atoms with van der Waals surface area (Å²) in [7, 11) is 0. The van der Waals surface area contributed by atoms with E-state index in [1.807, 2.05) is 0 Å². The molecule has 0 aromatic heterocycles. The summed E-state index contributed by atoms with van der Waals surface area (Å²) >= 11 is 0. The van der Waals surface area contributed by atoms with Crippen molar-refractivity contribution in [3.63, 3.8) is 0 Å². The predicted octanol–water partition coefficient (Wildman–Crippen LogP) is -0.761. The van der Waals surface area contributed by atoms with Crippen LogP contribution in [0, 0.1) is 5.92 Å². The van der Waals surface area contributed by atoms with Crippen LogP contribution in [-0.2, 0) is 0 Å². The van der Waals surface area contributed by atoms with Crippen molar-refractivity contribution in [2.24, 2.45) is 11.7 Å². The second kappa shape index (κ2) is 7.17. The molecule has 1 aliphatic heterocycles. The Balaban J connectivity index is 2.21. The van der Waals surface area contributed by atoms with Crippen molar-refractivity contribution < 1.29 is 5.11 Å². The van der Waals surface area contributed by atoms with Gasteiger partial charge in [0.2, 0.25) is 0 Å². The van der Waals surface area contributed by atoms with Crippen LogP contribution < -0.4 is 11.1 Å². The Labute approximate surface area is 86.5 Å². The molecule has 0 bridgehead atoms. The van der Waals surface area contributed by atoms with E-state index < -0.39 is 0 Å². The molecule has 0 amide bonds. The van der Waals surface area contributed by atoms with Gasteiger partial charge in [0.15, 0.2) is 0 Å². The molecule has 1 heterocycles. The van der Waals surface area contributed by atoms with Gasteiger partial charge in [0.05, 0.1) is 6.61 Å². The molecular weight excluding hydrogens is 178 g/mol. The van der Waals surface area contributed by atoms with Crippen molar-refractivity contribution in [2.75, 3.05) is 45.9 Å². The lowest BCUT2D eigenvalue weighted by molar-refractivity contribution is 0.168. The first-order valence-corrected chi connectivity index (χ1v) is 5.61. The molecule has 4 heteroatoms. The van der Waals surface area contributed by atoms with Gasteiger partial charge in [-0.25, -0.2) is 0 Å². The van der Waals surface area contributed by atoms with E-state index in [0.717, 1.165) is 38.6 Å². The molecule has 84 valence electrons. The SMILES string of the molecule is NCCN(CCO)CC1CCCNC1. The maximum absolute atomic E-state index is 8.89. The van der Waals surface area contributed by atoms with Crippen LogP contribution in [0.3, 0.4) is 0 Å². The number of aliphatic hydroxyl groups excluding tert-OH is 1. The number of nitrogens with zero attached hydrogens (tertiary/aromatic N) is 1. The van der Waals surface area contributed by atoms with Gasteiger partial charge < -0.3 is 16.2 Å². The van der Waals surface area contributed by atoms with Crippen LogP contribution in [0.15, 0.2) is 0 Å². The second-order valence-corrected chi connectivity index (χ2v) is 4.03. The average molecular weight is 201 g/mol. The van der Waals surface area contributed by atoms with Crippen LogP contribution in [0.25, 0.3) is 0 Å². The van der Waals surface area contributed by atoms with Crippen molar-refractivity contribution >= 4 is 0 Å². The molecule has 4 N–H and O–H groups in total. The highest BCUT2D eigenvalue weighted by molar-refractivity contribution is 4.73. The summed E-state index contributed by atoms with van der Waals surface area (Å²) in [5, 5.41) is 12.3. The molecule has 1 rings (SSSR count). The van der Waals surface area contributed by atoms with Crippen LogP contribution in [0.1, 0.15) is 12.8 Å². The number of hydrogen-bond acceptors (Lipinski definition) is 4. The molecule has 0 aliphatic carbocycles. The fraction of sp³-hybridized carbons (Fsp3) is 1.00. The number of nitrogens with one attached hydrogen (secondary N) is 1. The van der Waals surface area contributed by atoms with Crippen molar-refractivity contribution in [1.82, 2.24) is 10.2 Å². The van der Waals surface area contributed by atoms with Crippen LogP contribution in [0.4, 0.5) is 0 Å². The number of aliphatic hydroxyl groups is 1. The summed E-state index contributed by atoms with van der Waals surface area (Å²) in [6.45, 7) is 5.93. The van der Waals surface area contributed by atoms with E-state index in [2.05, 4.69) is 10.2 Å². The van der Waals surface area contributed by atoms with Crippen LogP contribution in [0.5, 0.6) is 0 Å². The highest BCUT2D eigenvalue weighted by atomic mass is 16.3. The molecule has 1 atom stereocenters. The summed E-state index contributed by atoms with van der Waals surface area (Å²) in [4.78, 5) is 2.26. The van der Waals surface area contributed by atoms with Gasteiger partial charge in [-0.2, -0.15) is 0 Å². The summed E-state index contributed by atoms with van der Waals surface area (Å²) in [5.74, 6) is 0.738. The molecule has 0 spiro atoms. The fourth-order valence-electron chi connectivity index (χ4n) is 2.06. The topological polar surface area (TPSA) is 61.5 Å². The van der Waals surface area contributed by atoms with E-state index in [-0.39, 0.29) is 6.61 Å². The highest BCUT2D eigenvalue weighted by Gasteiger charge is 2.15. The third-order valence-corrected chi connectivity index (χ3v) is 2.78. The van der Waals surface area contributed by atoms with Crippen LogP contribution in [0.2, 0.25) is 0 Å². The van der Waals surface area contributed by atoms with E-state index in [4.69, 9.17) is 10.8 Å². The van der Waals surface area contributed by atoms with E-state index in [1.54, 1.807) is 0 Å². The van der Waals surface area contributed by atoms with Gasteiger partial charge in [-0.3, -0.25) is 4.90 Å². The van der Waals surface area contributed by atoms with Crippen LogP contribution in [-0.4, -0.2) is 55.9 Å². The molecule has 1 saturated heterocycles. The summed E-state index contributed by atoms with van der Waals surface area (Å²) in [6, 6.07) is 0. The molecule has 1 aliphatic rings. The molecular formula is C10H23N3O. The Morgan fingerprint density at radius 3 is 2.86 bits per heavy atom. The normalized spacial score (nSPS) is 22.9. The van der Waals surface area contributed by atoms with Gasteiger partial charge in [-0.05, 0) is 31.8 Å². The van der Waals surface area contributed by atoms with Gasteiger partial charge >= 0.3 is 0 Å². The Kier molecular flexibility index (Phi) is 6.10. The third kappa shape index (κ3) is 4.37. The zero-order chi connectivity index (χ0) is 10.2. The van der Waals surface area contributed by atoms with Crippen molar-refractivity contribution in [3.05, 3.63) is 0 Å². The molecule has 1 fully saturated rings. The molecule has 0 saturated carbocycles. The Morgan fingerprint density at radius 1 is 1.43 bits per heavy atom. The van der Waals surface area contributed by atoms with Crippen LogP contribution >= 0.6 is 0 Å². The number of nitrogens with two attached hydrogens (primary N) is 1. The van der Waals surface area contributed by atoms with Crippen molar-refractivity contribution in [2.45, 2.75) is 12.8 Å². The fourth-order valence-corrected chi connectivity index (χ4v) is 2.06. The average Bonchev–Trinajstić information content (AvgIpc) is 2.20. The number of piperidine rings is 1. The lowest BCUT2D eigenvalue weighted by Crippen LogP contribution is -2.41. The van der Waals surface area contributed by atoms with Gasteiger partial charge in [-0.15, -0.1) is 0 Å². The molecule has 4 nitrogen and oxygen atoms in total. The first kappa shape index (κ1) is 11.9. The Hall–Kier alpha value is -0.160. The molecule has 1 unspecified atom stereocenters. The maximum Gasteiger partial charge on any atom is 0.0558 e. The minimum atomic E-state index is 0.236. The lowest BCUT2D eigenvalue weighted by Gasteiger charge is -2.29. The zero-order valence-electron chi connectivity index (χ0n) is 8.91. The molecule has 0 radical (unpaired) electrons. The summed E-state index contributed by atoms with van der Waals surface area (Å²) in [5.41, 5.74) is 5.53. The van der Waals surface area contributed by atoms with Gasteiger partial charge in [0.25, 0.3) is 0 Å². The second-order valence-electron chi connectivity index (χ2n) is 4.03. The summed E-state index contributed by atoms with van der Waals surface area (Å²) in [6.07, 6.45) is 2.58. The smallest absolute Gasteiger partial charge is 0.0558 e. The molecule has 0 aromatic carbocycles. The molecule has 0 aromatic rings. The maximum atomic E-state index is 8.89. The first-order chi connectivity index (χ1) is 6.86. The lowest BCUT2D eigenvalue weighted by atomic mass is 9.99. The van der Waals surface area contributed by atoms with Crippen molar-refractivity contribution in [3.8, 4) is 0 Å². The van der Waals surface area contributed by atoms with E-state index in [0.29, 0.717) is 6.54 Å². The monoisotopic (exact) mass is 201 g/mol. The Morgan fingerprint density at radius 2 is 2.29 bits per heavy atom.